The van der Waals surface area contributed by atoms with Gasteiger partial charge in [-0.25, -0.2) is 4.39 Å². The van der Waals surface area contributed by atoms with Crippen molar-refractivity contribution in [3.05, 3.63) is 0 Å². The summed E-state index contributed by atoms with van der Waals surface area (Å²) in [6.45, 7) is 0. The first-order valence-corrected chi connectivity index (χ1v) is 3.63. The van der Waals surface area contributed by atoms with Crippen molar-refractivity contribution in [2.24, 2.45) is 0 Å². The third kappa shape index (κ3) is 2.95. The summed E-state index contributed by atoms with van der Waals surface area (Å²) in [6, 6.07) is 0. The molecule has 0 aromatic rings. The average molecular weight is 179 g/mol. The minimum absolute atomic E-state index is 0.0825. The van der Waals surface area contributed by atoms with E-state index in [9.17, 15) is 4.39 Å². The molecule has 2 atom stereocenters. The predicted molar refractivity (Wildman–Crippen MR) is 36.0 cm³/mol. The fourth-order valence-electron chi connectivity index (χ4n) is 0.193. The highest BCUT2D eigenvalue weighted by Crippen LogP contribution is 2.09. The van der Waals surface area contributed by atoms with Gasteiger partial charge in [0.2, 0.25) is 0 Å². The zero-order chi connectivity index (χ0) is 6.57. The molecule has 50 valence electrons. The van der Waals surface area contributed by atoms with E-state index in [2.05, 4.69) is 0 Å². The minimum atomic E-state index is -1.18. The quantitative estimate of drug-likeness (QED) is 0.584. The summed E-state index contributed by atoms with van der Waals surface area (Å²) in [4.78, 5) is 0. The standard InChI is InChI=1S/C4H6Cl3F/c5-1-3(7)4(8)2-6/h3-4H,1-2H2/t3-,4-/m0/s1. The van der Waals surface area contributed by atoms with Gasteiger partial charge in [0.05, 0.1) is 11.3 Å². The number of hydrogen-bond acceptors (Lipinski definition) is 0. The van der Waals surface area contributed by atoms with E-state index >= 15 is 0 Å². The topological polar surface area (TPSA) is 0 Å². The van der Waals surface area contributed by atoms with Crippen LogP contribution < -0.4 is 0 Å². The molecule has 0 aliphatic carbocycles. The Morgan fingerprint density at radius 2 is 1.75 bits per heavy atom. The Morgan fingerprint density at radius 1 is 1.25 bits per heavy atom. The van der Waals surface area contributed by atoms with Crippen LogP contribution in [0.2, 0.25) is 0 Å². The van der Waals surface area contributed by atoms with E-state index in [1.165, 1.54) is 0 Å². The van der Waals surface area contributed by atoms with Gasteiger partial charge in [-0.1, -0.05) is 0 Å². The van der Waals surface area contributed by atoms with Crippen LogP contribution in [-0.4, -0.2) is 23.3 Å². The molecule has 0 rings (SSSR count). The highest BCUT2D eigenvalue weighted by molar-refractivity contribution is 6.29. The second kappa shape index (κ2) is 4.66. The summed E-state index contributed by atoms with van der Waals surface area (Å²) < 4.78 is 12.2. The Bertz CT molecular complexity index is 51.2. The van der Waals surface area contributed by atoms with Crippen LogP contribution in [0.1, 0.15) is 0 Å². The van der Waals surface area contributed by atoms with Gasteiger partial charge in [-0.05, 0) is 0 Å². The lowest BCUT2D eigenvalue weighted by Crippen LogP contribution is -2.18. The van der Waals surface area contributed by atoms with E-state index < -0.39 is 11.5 Å². The van der Waals surface area contributed by atoms with Gasteiger partial charge in [0.25, 0.3) is 0 Å². The SMILES string of the molecule is F[C@@H](CCl)[C@@H](Cl)CCl. The maximum atomic E-state index is 12.2. The first kappa shape index (κ1) is 8.80. The minimum Gasteiger partial charge on any atom is -0.245 e. The van der Waals surface area contributed by atoms with Crippen LogP contribution in [0.15, 0.2) is 0 Å². The summed E-state index contributed by atoms with van der Waals surface area (Å²) >= 11 is 15.6. The van der Waals surface area contributed by atoms with Crippen molar-refractivity contribution >= 4 is 34.8 Å². The largest absolute Gasteiger partial charge is 0.245 e. The predicted octanol–water partition coefficient (Wildman–Crippen LogP) is 2.41. The molecule has 0 fully saturated rings. The van der Waals surface area contributed by atoms with Gasteiger partial charge in [-0.3, -0.25) is 0 Å². The van der Waals surface area contributed by atoms with E-state index in [1.54, 1.807) is 0 Å². The second-order valence-corrected chi connectivity index (χ2v) is 2.52. The zero-order valence-electron chi connectivity index (χ0n) is 4.08. The van der Waals surface area contributed by atoms with Gasteiger partial charge in [-0.2, -0.15) is 0 Å². The molecule has 0 spiro atoms. The lowest BCUT2D eigenvalue weighted by molar-refractivity contribution is 0.363. The van der Waals surface area contributed by atoms with Crippen LogP contribution in [0.3, 0.4) is 0 Å². The van der Waals surface area contributed by atoms with Crippen molar-refractivity contribution in [2.45, 2.75) is 11.5 Å². The first-order chi connectivity index (χ1) is 3.72. The molecule has 8 heavy (non-hydrogen) atoms. The monoisotopic (exact) mass is 178 g/mol. The number of alkyl halides is 4. The molecule has 0 aliphatic rings. The smallest absolute Gasteiger partial charge is 0.131 e. The van der Waals surface area contributed by atoms with Crippen LogP contribution in [0.4, 0.5) is 4.39 Å². The Labute approximate surface area is 62.9 Å². The molecule has 0 aromatic heterocycles. The molecule has 0 bridgehead atoms. The van der Waals surface area contributed by atoms with Gasteiger partial charge in [0.15, 0.2) is 0 Å². The lowest BCUT2D eigenvalue weighted by Gasteiger charge is -2.06. The van der Waals surface area contributed by atoms with Gasteiger partial charge < -0.3 is 0 Å². The summed E-state index contributed by atoms with van der Waals surface area (Å²) in [5, 5.41) is -0.644. The van der Waals surface area contributed by atoms with Crippen molar-refractivity contribution in [2.75, 3.05) is 11.8 Å². The second-order valence-electron chi connectivity index (χ2n) is 1.34. The van der Waals surface area contributed by atoms with Gasteiger partial charge in [0, 0.05) is 5.88 Å². The maximum Gasteiger partial charge on any atom is 0.131 e. The van der Waals surface area contributed by atoms with E-state index in [0.717, 1.165) is 0 Å². The van der Waals surface area contributed by atoms with E-state index in [1.807, 2.05) is 0 Å². The van der Waals surface area contributed by atoms with Crippen molar-refractivity contribution in [1.82, 2.24) is 0 Å². The summed E-state index contributed by atoms with van der Waals surface area (Å²) in [5.74, 6) is 0.0241. The lowest BCUT2D eigenvalue weighted by atomic mass is 10.3. The van der Waals surface area contributed by atoms with Crippen molar-refractivity contribution in [3.63, 3.8) is 0 Å². The number of hydrogen-bond donors (Lipinski definition) is 0. The molecule has 0 aliphatic heterocycles. The van der Waals surface area contributed by atoms with Crippen LogP contribution >= 0.6 is 34.8 Å². The molecule has 0 aromatic carbocycles. The molecule has 0 N–H and O–H groups in total. The van der Waals surface area contributed by atoms with Gasteiger partial charge >= 0.3 is 0 Å². The molecule has 0 saturated heterocycles. The molecule has 4 heteroatoms. The fourth-order valence-corrected chi connectivity index (χ4v) is 0.782. The van der Waals surface area contributed by atoms with Gasteiger partial charge in [-0.15, -0.1) is 34.8 Å². The Kier molecular flexibility index (Phi) is 5.12. The molecule has 0 amide bonds. The highest BCUT2D eigenvalue weighted by Gasteiger charge is 2.15. The molecular formula is C4H6Cl3F. The Hall–Kier alpha value is 0.800. The molecule has 0 heterocycles. The average Bonchev–Trinajstić information content (AvgIpc) is 1.84. The Balaban J connectivity index is 3.29. The molecule has 0 saturated carbocycles. The van der Waals surface area contributed by atoms with Crippen LogP contribution in [0, 0.1) is 0 Å². The normalized spacial score (nSPS) is 18.0. The third-order valence-corrected chi connectivity index (χ3v) is 1.90. The van der Waals surface area contributed by atoms with E-state index in [4.69, 9.17) is 34.8 Å². The van der Waals surface area contributed by atoms with Crippen molar-refractivity contribution < 1.29 is 4.39 Å². The van der Waals surface area contributed by atoms with Crippen LogP contribution in [0.5, 0.6) is 0 Å². The van der Waals surface area contributed by atoms with Crippen LogP contribution in [0.25, 0.3) is 0 Å². The summed E-state index contributed by atoms with van der Waals surface area (Å²) in [5.41, 5.74) is 0. The van der Waals surface area contributed by atoms with E-state index in [0.29, 0.717) is 0 Å². The highest BCUT2D eigenvalue weighted by atomic mass is 35.5. The molecule has 0 unspecified atom stereocenters. The molecule has 0 radical (unpaired) electrons. The Morgan fingerprint density at radius 3 is 1.88 bits per heavy atom. The number of halogens is 4. The van der Waals surface area contributed by atoms with Crippen molar-refractivity contribution in [3.8, 4) is 0 Å². The molecular weight excluding hydrogens is 173 g/mol. The molecule has 0 nitrogen and oxygen atoms in total. The number of rotatable bonds is 3. The van der Waals surface area contributed by atoms with Crippen LogP contribution in [-0.2, 0) is 0 Å². The first-order valence-electron chi connectivity index (χ1n) is 2.12. The fraction of sp³-hybridized carbons (Fsp3) is 1.00. The zero-order valence-corrected chi connectivity index (χ0v) is 6.35. The summed E-state index contributed by atoms with van der Waals surface area (Å²) in [7, 11) is 0. The van der Waals surface area contributed by atoms with Crippen molar-refractivity contribution in [1.29, 1.82) is 0 Å². The van der Waals surface area contributed by atoms with Gasteiger partial charge in [0.1, 0.15) is 6.17 Å². The third-order valence-electron chi connectivity index (χ3n) is 0.687. The maximum absolute atomic E-state index is 12.2. The van der Waals surface area contributed by atoms with E-state index in [-0.39, 0.29) is 11.8 Å². The summed E-state index contributed by atoms with van der Waals surface area (Å²) in [6.07, 6.45) is -1.18.